The van der Waals surface area contributed by atoms with Crippen molar-refractivity contribution >= 4 is 17.1 Å². The van der Waals surface area contributed by atoms with Crippen LogP contribution < -0.4 is 10.1 Å². The van der Waals surface area contributed by atoms with Gasteiger partial charge in [0.1, 0.15) is 5.75 Å². The number of carbonyl (C=O) groups excluding carboxylic acids is 1. The zero-order valence-electron chi connectivity index (χ0n) is 22.5. The smallest absolute Gasteiger partial charge is 0.416 e. The van der Waals surface area contributed by atoms with Crippen LogP contribution >= 0.6 is 0 Å². The molecule has 3 heterocycles. The van der Waals surface area contributed by atoms with Crippen LogP contribution in [0.1, 0.15) is 70.0 Å². The van der Waals surface area contributed by atoms with Crippen LogP contribution in [-0.4, -0.2) is 55.3 Å². The summed E-state index contributed by atoms with van der Waals surface area (Å²) in [7, 11) is 0. The third-order valence-corrected chi connectivity index (χ3v) is 6.66. The van der Waals surface area contributed by atoms with Gasteiger partial charge in [-0.1, -0.05) is 12.1 Å². The van der Waals surface area contributed by atoms with Gasteiger partial charge in [-0.15, -0.1) is 10.2 Å². The van der Waals surface area contributed by atoms with Crippen molar-refractivity contribution in [1.82, 2.24) is 35.7 Å². The summed E-state index contributed by atoms with van der Waals surface area (Å²) >= 11 is 0. The van der Waals surface area contributed by atoms with E-state index in [4.69, 9.17) is 4.74 Å². The molecule has 2 N–H and O–H groups in total. The fraction of sp³-hybridized carbons (Fsp3) is 0.500. The number of hydrogen-bond donors (Lipinski definition) is 2. The van der Waals surface area contributed by atoms with Crippen molar-refractivity contribution in [3.63, 3.8) is 0 Å². The van der Waals surface area contributed by atoms with E-state index in [-0.39, 0.29) is 47.0 Å². The summed E-state index contributed by atoms with van der Waals surface area (Å²) in [6, 6.07) is 6.61. The number of aromatic amines is 1. The topological polar surface area (TPSA) is 111 Å². The number of hydrogen-bond acceptors (Lipinski definition) is 6. The van der Waals surface area contributed by atoms with Gasteiger partial charge in [0.25, 0.3) is 5.91 Å². The molecule has 3 aromatic rings. The predicted molar refractivity (Wildman–Crippen MR) is 135 cm³/mol. The van der Waals surface area contributed by atoms with E-state index >= 15 is 0 Å². The van der Waals surface area contributed by atoms with Crippen LogP contribution in [0.15, 0.2) is 36.5 Å². The Balaban J connectivity index is 1.63. The number of halogens is 6. The molecule has 1 aliphatic heterocycles. The second-order valence-electron chi connectivity index (χ2n) is 10.7. The summed E-state index contributed by atoms with van der Waals surface area (Å²) in [6.45, 7) is 5.73. The summed E-state index contributed by atoms with van der Waals surface area (Å²) < 4.78 is 88.6. The maximum atomic E-state index is 14.9. The molecule has 15 heteroatoms. The van der Waals surface area contributed by atoms with Gasteiger partial charge in [-0.05, 0) is 74.6 Å². The summed E-state index contributed by atoms with van der Waals surface area (Å²) in [4.78, 5) is 13.4. The van der Waals surface area contributed by atoms with E-state index in [9.17, 15) is 31.1 Å². The van der Waals surface area contributed by atoms with Crippen LogP contribution in [0.3, 0.4) is 0 Å². The van der Waals surface area contributed by atoms with Gasteiger partial charge >= 0.3 is 12.4 Å². The molecule has 0 spiro atoms. The first kappa shape index (κ1) is 30.1. The van der Waals surface area contributed by atoms with Crippen molar-refractivity contribution < 1.29 is 35.9 Å². The average Bonchev–Trinajstić information content (AvgIpc) is 3.57. The number of H-pyrrole nitrogens is 1. The molecule has 2 aromatic heterocycles. The minimum Gasteiger partial charge on any atom is -0.494 e. The van der Waals surface area contributed by atoms with Crippen molar-refractivity contribution in [2.45, 2.75) is 76.3 Å². The van der Waals surface area contributed by atoms with E-state index in [2.05, 4.69) is 31.0 Å². The van der Waals surface area contributed by atoms with Gasteiger partial charge in [-0.2, -0.15) is 36.7 Å². The molecule has 0 saturated carbocycles. The Labute approximate surface area is 231 Å². The third kappa shape index (κ3) is 6.70. The molecule has 1 amide bonds. The number of carbonyl (C=O) groups is 1. The zero-order valence-corrected chi connectivity index (χ0v) is 22.5. The lowest BCUT2D eigenvalue weighted by Crippen LogP contribution is -2.58. The lowest BCUT2D eigenvalue weighted by Gasteiger charge is -2.40. The second-order valence-corrected chi connectivity index (χ2v) is 10.7. The summed E-state index contributed by atoms with van der Waals surface area (Å²) in [5.41, 5.74) is -3.55. The van der Waals surface area contributed by atoms with Crippen LogP contribution in [-0.2, 0) is 15.9 Å². The molecule has 0 saturated heterocycles. The lowest BCUT2D eigenvalue weighted by atomic mass is 9.77. The van der Waals surface area contributed by atoms with Gasteiger partial charge in [0.15, 0.2) is 5.54 Å². The summed E-state index contributed by atoms with van der Waals surface area (Å²) in [5.74, 6) is -0.969. The fourth-order valence-corrected chi connectivity index (χ4v) is 4.51. The molecule has 1 aliphatic rings. The Bertz CT molecular complexity index is 1370. The second kappa shape index (κ2) is 11.2. The lowest BCUT2D eigenvalue weighted by molar-refractivity contribution is -0.201. The van der Waals surface area contributed by atoms with Gasteiger partial charge in [0, 0.05) is 19.0 Å². The highest BCUT2D eigenvalue weighted by Gasteiger charge is 2.60. The van der Waals surface area contributed by atoms with E-state index in [0.717, 1.165) is 0 Å². The Morgan fingerprint density at radius 1 is 1.00 bits per heavy atom. The first-order valence-corrected chi connectivity index (χ1v) is 12.8. The Hall–Kier alpha value is -3.91. The van der Waals surface area contributed by atoms with Crippen molar-refractivity contribution in [3.05, 3.63) is 53.6 Å². The maximum absolute atomic E-state index is 14.9. The van der Waals surface area contributed by atoms with Crippen LogP contribution in [0.4, 0.5) is 26.3 Å². The Morgan fingerprint density at radius 3 is 2.27 bits per heavy atom. The van der Waals surface area contributed by atoms with Crippen molar-refractivity contribution in [2.75, 3.05) is 6.61 Å². The van der Waals surface area contributed by atoms with Gasteiger partial charge in [-0.25, -0.2) is 0 Å². The average molecular weight is 586 g/mol. The van der Waals surface area contributed by atoms with Gasteiger partial charge in [-0.3, -0.25) is 9.48 Å². The number of alkyl halides is 6. The van der Waals surface area contributed by atoms with E-state index in [0.29, 0.717) is 12.8 Å². The molecular weight excluding hydrogens is 556 g/mol. The molecule has 4 rings (SSSR count). The van der Waals surface area contributed by atoms with Gasteiger partial charge < -0.3 is 10.1 Å². The number of ether oxygens (including phenoxy) is 1. The molecule has 1 aromatic carbocycles. The molecular formula is C26H29F6N7O2. The third-order valence-electron chi connectivity index (χ3n) is 6.66. The molecule has 222 valence electrons. The number of benzene rings is 1. The highest BCUT2D eigenvalue weighted by atomic mass is 19.4. The van der Waals surface area contributed by atoms with Crippen LogP contribution in [0, 0.1) is 0 Å². The highest BCUT2D eigenvalue weighted by Crippen LogP contribution is 2.49. The van der Waals surface area contributed by atoms with E-state index in [1.807, 2.05) is 20.8 Å². The summed E-state index contributed by atoms with van der Waals surface area (Å²) in [5, 5.41) is 19.9. The predicted octanol–water partition coefficient (Wildman–Crippen LogP) is 5.54. The molecule has 1 atom stereocenters. The van der Waals surface area contributed by atoms with Crippen molar-refractivity contribution in [3.8, 4) is 5.75 Å². The number of rotatable bonds is 9. The number of unbranched alkanes of at least 4 members (excludes halogenated alkanes) is 2. The largest absolute Gasteiger partial charge is 0.494 e. The number of nitrogens with one attached hydrogen (secondary N) is 2. The quantitative estimate of drug-likeness (QED) is 0.252. The minimum atomic E-state index is -4.93. The molecule has 0 unspecified atom stereocenters. The summed E-state index contributed by atoms with van der Waals surface area (Å²) in [6.07, 6.45) is -8.49. The minimum absolute atomic E-state index is 0.00495. The van der Waals surface area contributed by atoms with Crippen molar-refractivity contribution in [2.24, 2.45) is 0 Å². The van der Waals surface area contributed by atoms with E-state index in [1.165, 1.54) is 30.3 Å². The first-order valence-electron chi connectivity index (χ1n) is 12.8. The zero-order chi connectivity index (χ0) is 30.1. The molecule has 41 heavy (non-hydrogen) atoms. The Kier molecular flexibility index (Phi) is 8.18. The standard InChI is InChI=1S/C26H29F6N7O2/c1-23(2,3)39-13-11-19(36-39)18-15-24(26(30,31)32,33-22(40)20(18)21-34-37-38-35-21)16-7-9-17(10-8-16)41-14-6-4-5-12-25(27,28)29/h7-11,13H,4-6,12,14-15H2,1-3H3,(H,33,40)(H,34,35,37,38)/t24-/m0/s1. The number of nitrogens with zero attached hydrogens (tertiary/aromatic N) is 5. The van der Waals surface area contributed by atoms with Crippen molar-refractivity contribution in [1.29, 1.82) is 0 Å². The number of amides is 1. The Morgan fingerprint density at radius 2 is 1.71 bits per heavy atom. The highest BCUT2D eigenvalue weighted by molar-refractivity contribution is 6.27. The molecule has 0 fully saturated rings. The fourth-order valence-electron chi connectivity index (χ4n) is 4.51. The van der Waals surface area contributed by atoms with Crippen LogP contribution in [0.2, 0.25) is 0 Å². The van der Waals surface area contributed by atoms with Gasteiger partial charge in [0.05, 0.1) is 23.4 Å². The normalized spacial score (nSPS) is 18.5. The van der Waals surface area contributed by atoms with E-state index < -0.39 is 42.2 Å². The number of aromatic nitrogens is 6. The molecule has 0 aliphatic carbocycles. The van der Waals surface area contributed by atoms with Gasteiger partial charge in [0.2, 0.25) is 5.82 Å². The maximum Gasteiger partial charge on any atom is 0.416 e. The molecule has 9 nitrogen and oxygen atoms in total. The SMILES string of the molecule is CC(C)(C)n1ccc(C2=C(c3nn[nH]n3)C(=O)N[C@@](c3ccc(OCCCCCC(F)(F)F)cc3)(C(F)(F)F)C2)n1. The van der Waals surface area contributed by atoms with E-state index in [1.54, 1.807) is 10.9 Å². The first-order chi connectivity index (χ1) is 19.1. The molecule has 0 radical (unpaired) electrons. The van der Waals surface area contributed by atoms with Crippen LogP contribution in [0.25, 0.3) is 11.1 Å². The van der Waals surface area contributed by atoms with Crippen LogP contribution in [0.5, 0.6) is 5.75 Å². The number of tetrazole rings is 1. The molecule has 0 bridgehead atoms. The monoisotopic (exact) mass is 585 g/mol.